The zero-order chi connectivity index (χ0) is 22.7. The fraction of sp³-hybridized carbons (Fsp3) is 0.571. The predicted octanol–water partition coefficient (Wildman–Crippen LogP) is 9.69. The molecule has 0 unspecified atom stereocenters. The minimum atomic E-state index is -0.677. The van der Waals surface area contributed by atoms with Gasteiger partial charge in [0.2, 0.25) is 0 Å². The van der Waals surface area contributed by atoms with E-state index in [0.717, 1.165) is 55.1 Å². The highest BCUT2D eigenvalue weighted by Gasteiger charge is 2.26. The van der Waals surface area contributed by atoms with Crippen molar-refractivity contribution in [1.82, 2.24) is 0 Å². The second kappa shape index (κ2) is 10.6. The molecule has 0 bridgehead atoms. The van der Waals surface area contributed by atoms with E-state index in [4.69, 9.17) is 11.6 Å². The van der Waals surface area contributed by atoms with E-state index in [1.54, 1.807) is 0 Å². The van der Waals surface area contributed by atoms with Crippen LogP contribution in [-0.2, 0) is 0 Å². The number of hydrogen-bond acceptors (Lipinski definition) is 0. The van der Waals surface area contributed by atoms with Crippen LogP contribution in [0.15, 0.2) is 30.3 Å². The normalized spacial score (nSPS) is 26.3. The summed E-state index contributed by atoms with van der Waals surface area (Å²) < 4.78 is 43.5. The highest BCUT2D eigenvalue weighted by Crippen LogP contribution is 2.41. The maximum absolute atomic E-state index is 14.8. The minimum absolute atomic E-state index is 0.0587. The van der Waals surface area contributed by atoms with Crippen molar-refractivity contribution in [3.8, 4) is 11.1 Å². The van der Waals surface area contributed by atoms with Crippen molar-refractivity contribution in [1.29, 1.82) is 0 Å². The van der Waals surface area contributed by atoms with Crippen LogP contribution in [0.3, 0.4) is 0 Å². The molecule has 0 nitrogen and oxygen atoms in total. The zero-order valence-corrected chi connectivity index (χ0v) is 19.7. The molecule has 174 valence electrons. The first-order valence-corrected chi connectivity index (χ1v) is 12.8. The molecule has 2 aromatic rings. The van der Waals surface area contributed by atoms with Crippen molar-refractivity contribution in [3.63, 3.8) is 0 Å². The molecular formula is C28H34ClF3. The van der Waals surface area contributed by atoms with Crippen LogP contribution in [0.2, 0.25) is 5.02 Å². The summed E-state index contributed by atoms with van der Waals surface area (Å²) in [7, 11) is 0. The SMILES string of the molecule is CC[C@H]1CC[C@H](CCC2CCC(c3cc(F)c(-c4ccc(Cl)c(F)c4)c(F)c3)CC2)CC1. The fourth-order valence-electron chi connectivity index (χ4n) is 5.94. The largest absolute Gasteiger partial charge is 0.206 e. The van der Waals surface area contributed by atoms with Crippen LogP contribution in [0.25, 0.3) is 11.1 Å². The summed E-state index contributed by atoms with van der Waals surface area (Å²) in [5.41, 5.74) is 0.718. The van der Waals surface area contributed by atoms with Crippen LogP contribution in [0.1, 0.15) is 89.0 Å². The van der Waals surface area contributed by atoms with Crippen LogP contribution >= 0.6 is 11.6 Å². The topological polar surface area (TPSA) is 0 Å². The second-order valence-electron chi connectivity index (χ2n) is 10.1. The lowest BCUT2D eigenvalue weighted by Crippen LogP contribution is -2.17. The molecule has 0 heterocycles. The average molecular weight is 463 g/mol. The molecule has 2 aliphatic rings. The predicted molar refractivity (Wildman–Crippen MR) is 126 cm³/mol. The van der Waals surface area contributed by atoms with Gasteiger partial charge in [-0.05, 0) is 84.7 Å². The Hall–Kier alpha value is -1.48. The first kappa shape index (κ1) is 23.7. The molecule has 0 atom stereocenters. The molecule has 2 aromatic carbocycles. The zero-order valence-electron chi connectivity index (χ0n) is 19.0. The Kier molecular flexibility index (Phi) is 7.87. The Morgan fingerprint density at radius 3 is 1.78 bits per heavy atom. The molecular weight excluding hydrogens is 429 g/mol. The van der Waals surface area contributed by atoms with Gasteiger partial charge in [-0.1, -0.05) is 69.5 Å². The van der Waals surface area contributed by atoms with Crippen molar-refractivity contribution in [3.05, 3.63) is 58.4 Å². The van der Waals surface area contributed by atoms with Gasteiger partial charge in [0, 0.05) is 0 Å². The minimum Gasteiger partial charge on any atom is -0.206 e. The van der Waals surface area contributed by atoms with Crippen LogP contribution in [-0.4, -0.2) is 0 Å². The summed E-state index contributed by atoms with van der Waals surface area (Å²) in [6, 6.07) is 6.76. The quantitative estimate of drug-likeness (QED) is 0.400. The highest BCUT2D eigenvalue weighted by molar-refractivity contribution is 6.30. The van der Waals surface area contributed by atoms with Crippen LogP contribution in [0, 0.1) is 35.2 Å². The van der Waals surface area contributed by atoms with Gasteiger partial charge in [-0.2, -0.15) is 0 Å². The molecule has 0 amide bonds. The molecule has 4 rings (SSSR count). The summed E-state index contributed by atoms with van der Waals surface area (Å²) in [6.45, 7) is 2.31. The van der Waals surface area contributed by atoms with E-state index >= 15 is 0 Å². The Morgan fingerprint density at radius 1 is 0.719 bits per heavy atom. The number of halogens is 4. The Labute approximate surface area is 195 Å². The lowest BCUT2D eigenvalue weighted by Gasteiger charge is -2.32. The monoisotopic (exact) mass is 462 g/mol. The maximum Gasteiger partial charge on any atom is 0.142 e. The number of benzene rings is 2. The third-order valence-corrected chi connectivity index (χ3v) is 8.42. The van der Waals surface area contributed by atoms with Gasteiger partial charge in [-0.3, -0.25) is 0 Å². The van der Waals surface area contributed by atoms with Gasteiger partial charge in [0.15, 0.2) is 0 Å². The van der Waals surface area contributed by atoms with Gasteiger partial charge in [-0.15, -0.1) is 0 Å². The van der Waals surface area contributed by atoms with E-state index < -0.39 is 17.5 Å². The molecule has 0 N–H and O–H groups in total. The van der Waals surface area contributed by atoms with Crippen LogP contribution < -0.4 is 0 Å². The van der Waals surface area contributed by atoms with Gasteiger partial charge in [0.25, 0.3) is 0 Å². The third kappa shape index (κ3) is 5.53. The third-order valence-electron chi connectivity index (χ3n) is 8.12. The van der Waals surface area contributed by atoms with Crippen LogP contribution in [0.5, 0.6) is 0 Å². The van der Waals surface area contributed by atoms with Crippen LogP contribution in [0.4, 0.5) is 13.2 Å². The molecule has 0 radical (unpaired) electrons. The van der Waals surface area contributed by atoms with Gasteiger partial charge in [0.1, 0.15) is 17.5 Å². The van der Waals surface area contributed by atoms with Gasteiger partial charge < -0.3 is 0 Å². The van der Waals surface area contributed by atoms with Crippen molar-refractivity contribution in [2.24, 2.45) is 17.8 Å². The Balaban J connectivity index is 1.33. The number of rotatable bonds is 6. The van der Waals surface area contributed by atoms with Gasteiger partial charge >= 0.3 is 0 Å². The molecule has 0 aromatic heterocycles. The number of hydrogen-bond donors (Lipinski definition) is 0. The molecule has 2 aliphatic carbocycles. The van der Waals surface area contributed by atoms with E-state index in [-0.39, 0.29) is 22.1 Å². The van der Waals surface area contributed by atoms with E-state index in [1.165, 1.54) is 69.2 Å². The lowest BCUT2D eigenvalue weighted by molar-refractivity contribution is 0.227. The van der Waals surface area contributed by atoms with Crippen molar-refractivity contribution >= 4 is 11.6 Å². The molecule has 0 aliphatic heterocycles. The molecule has 4 heteroatoms. The first-order valence-electron chi connectivity index (χ1n) is 12.4. The molecule has 32 heavy (non-hydrogen) atoms. The Bertz CT molecular complexity index is 886. The van der Waals surface area contributed by atoms with Crippen molar-refractivity contribution in [2.45, 2.75) is 83.5 Å². The highest BCUT2D eigenvalue weighted by atomic mass is 35.5. The van der Waals surface area contributed by atoms with E-state index in [2.05, 4.69) is 6.92 Å². The summed E-state index contributed by atoms with van der Waals surface area (Å²) in [5.74, 6) is 0.866. The summed E-state index contributed by atoms with van der Waals surface area (Å²) >= 11 is 5.70. The summed E-state index contributed by atoms with van der Waals surface area (Å²) in [5, 5.41) is -0.0587. The standard InChI is InChI=1S/C28H34ClF3/c1-2-18-3-5-19(6-4-18)7-8-20-9-11-21(12-10-20)23-16-26(31)28(27(32)17-23)22-13-14-24(29)25(30)15-22/h13-21H,2-12H2,1H3/t18-,19-,20?,21?. The average Bonchev–Trinajstić information content (AvgIpc) is 2.80. The Morgan fingerprint density at radius 2 is 1.25 bits per heavy atom. The summed E-state index contributed by atoms with van der Waals surface area (Å²) in [4.78, 5) is 0. The molecule has 0 spiro atoms. The first-order chi connectivity index (χ1) is 15.4. The molecule has 2 fully saturated rings. The van der Waals surface area contributed by atoms with Crippen molar-refractivity contribution < 1.29 is 13.2 Å². The molecule has 2 saturated carbocycles. The van der Waals surface area contributed by atoms with E-state index in [0.29, 0.717) is 0 Å². The van der Waals surface area contributed by atoms with Crippen molar-refractivity contribution in [2.75, 3.05) is 0 Å². The maximum atomic E-state index is 14.8. The second-order valence-corrected chi connectivity index (χ2v) is 10.5. The fourth-order valence-corrected chi connectivity index (χ4v) is 6.06. The van der Waals surface area contributed by atoms with E-state index in [9.17, 15) is 13.2 Å². The smallest absolute Gasteiger partial charge is 0.142 e. The van der Waals surface area contributed by atoms with Gasteiger partial charge in [-0.25, -0.2) is 13.2 Å². The molecule has 0 saturated heterocycles. The van der Waals surface area contributed by atoms with E-state index in [1.807, 2.05) is 0 Å². The summed E-state index contributed by atoms with van der Waals surface area (Å²) in [6.07, 6.45) is 13.8. The lowest BCUT2D eigenvalue weighted by atomic mass is 9.74. The van der Waals surface area contributed by atoms with Gasteiger partial charge in [0.05, 0.1) is 10.6 Å².